The molecule has 1 aromatic heterocycles. The third-order valence-electron chi connectivity index (χ3n) is 3.01. The van der Waals surface area contributed by atoms with Gasteiger partial charge in [0.25, 0.3) is 5.91 Å². The first-order chi connectivity index (χ1) is 11.6. The first kappa shape index (κ1) is 18.1. The van der Waals surface area contributed by atoms with Crippen LogP contribution in [0.25, 0.3) is 0 Å². The van der Waals surface area contributed by atoms with E-state index in [0.29, 0.717) is 47.8 Å². The second-order valence-electron chi connectivity index (χ2n) is 4.83. The maximum atomic E-state index is 12.5. The molecule has 1 aromatic carbocycles. The molecule has 1 amide bonds. The quantitative estimate of drug-likeness (QED) is 0.782. The van der Waals surface area contributed by atoms with E-state index in [1.807, 2.05) is 27.7 Å². The number of carbonyl (C=O) groups excluding carboxylic acids is 1. The summed E-state index contributed by atoms with van der Waals surface area (Å²) in [6, 6.07) is 3.32. The highest BCUT2D eigenvalue weighted by atomic mass is 32.1. The number of thiazole rings is 1. The molecule has 0 radical (unpaired) electrons. The Balaban J connectivity index is 2.35. The van der Waals surface area contributed by atoms with Gasteiger partial charge in [0.2, 0.25) is 5.75 Å². The van der Waals surface area contributed by atoms with E-state index in [2.05, 4.69) is 10.3 Å². The van der Waals surface area contributed by atoms with E-state index in [9.17, 15) is 4.79 Å². The molecule has 0 fully saturated rings. The Hall–Kier alpha value is -2.28. The van der Waals surface area contributed by atoms with Crippen LogP contribution in [-0.2, 0) is 0 Å². The van der Waals surface area contributed by atoms with Gasteiger partial charge in [0, 0.05) is 16.6 Å². The van der Waals surface area contributed by atoms with Crippen molar-refractivity contribution in [1.29, 1.82) is 0 Å². The summed E-state index contributed by atoms with van der Waals surface area (Å²) in [7, 11) is 0. The second kappa shape index (κ2) is 8.54. The molecule has 1 heterocycles. The van der Waals surface area contributed by atoms with E-state index in [1.165, 1.54) is 11.3 Å². The third kappa shape index (κ3) is 4.38. The molecular formula is C17H22N2O4S. The van der Waals surface area contributed by atoms with Crippen molar-refractivity contribution < 1.29 is 19.0 Å². The number of nitrogens with one attached hydrogen (secondary N) is 1. The van der Waals surface area contributed by atoms with Gasteiger partial charge in [-0.15, -0.1) is 11.3 Å². The van der Waals surface area contributed by atoms with Gasteiger partial charge in [-0.1, -0.05) is 0 Å². The molecule has 0 bridgehead atoms. The van der Waals surface area contributed by atoms with Gasteiger partial charge in [-0.25, -0.2) is 4.98 Å². The summed E-state index contributed by atoms with van der Waals surface area (Å²) in [6.45, 7) is 8.97. The van der Waals surface area contributed by atoms with Crippen LogP contribution in [0, 0.1) is 6.92 Å². The minimum Gasteiger partial charge on any atom is -0.490 e. The van der Waals surface area contributed by atoms with Gasteiger partial charge in [-0.05, 0) is 39.8 Å². The van der Waals surface area contributed by atoms with Crippen LogP contribution in [0.2, 0.25) is 0 Å². The Kier molecular flexibility index (Phi) is 6.43. The smallest absolute Gasteiger partial charge is 0.257 e. The first-order valence-corrected chi connectivity index (χ1v) is 8.70. The lowest BCUT2D eigenvalue weighted by molar-refractivity contribution is 0.102. The molecule has 0 spiro atoms. The normalized spacial score (nSPS) is 10.3. The van der Waals surface area contributed by atoms with Crippen molar-refractivity contribution in [2.45, 2.75) is 27.7 Å². The molecule has 2 rings (SSSR count). The molecule has 7 heteroatoms. The highest BCUT2D eigenvalue weighted by molar-refractivity contribution is 7.15. The van der Waals surface area contributed by atoms with Crippen molar-refractivity contribution in [3.63, 3.8) is 0 Å². The minimum atomic E-state index is -0.269. The number of anilines is 1. The molecule has 130 valence electrons. The molecule has 6 nitrogen and oxygen atoms in total. The predicted molar refractivity (Wildman–Crippen MR) is 94.8 cm³/mol. The summed E-state index contributed by atoms with van der Waals surface area (Å²) < 4.78 is 16.9. The summed E-state index contributed by atoms with van der Waals surface area (Å²) in [5.41, 5.74) is 0.429. The van der Waals surface area contributed by atoms with E-state index in [4.69, 9.17) is 14.2 Å². The Morgan fingerprint density at radius 1 is 1.08 bits per heavy atom. The zero-order valence-electron chi connectivity index (χ0n) is 14.3. The number of aryl methyl sites for hydroxylation is 1. The number of amides is 1. The number of aromatic nitrogens is 1. The zero-order chi connectivity index (χ0) is 17.5. The fourth-order valence-electron chi connectivity index (χ4n) is 2.10. The monoisotopic (exact) mass is 350 g/mol. The maximum Gasteiger partial charge on any atom is 0.257 e. The van der Waals surface area contributed by atoms with E-state index in [1.54, 1.807) is 18.3 Å². The van der Waals surface area contributed by atoms with Crippen LogP contribution in [0.3, 0.4) is 0 Å². The van der Waals surface area contributed by atoms with Crippen LogP contribution in [0.4, 0.5) is 5.13 Å². The molecular weight excluding hydrogens is 328 g/mol. The maximum absolute atomic E-state index is 12.5. The number of hydrogen-bond donors (Lipinski definition) is 1. The lowest BCUT2D eigenvalue weighted by atomic mass is 10.1. The van der Waals surface area contributed by atoms with Crippen molar-refractivity contribution in [3.05, 3.63) is 28.8 Å². The molecule has 0 saturated heterocycles. The van der Waals surface area contributed by atoms with Gasteiger partial charge in [0.1, 0.15) is 0 Å². The van der Waals surface area contributed by atoms with Crippen molar-refractivity contribution in [1.82, 2.24) is 4.98 Å². The third-order valence-corrected chi connectivity index (χ3v) is 3.84. The van der Waals surface area contributed by atoms with Gasteiger partial charge >= 0.3 is 0 Å². The van der Waals surface area contributed by atoms with Crippen molar-refractivity contribution >= 4 is 22.4 Å². The van der Waals surface area contributed by atoms with Crippen LogP contribution in [0.1, 0.15) is 36.0 Å². The van der Waals surface area contributed by atoms with Gasteiger partial charge in [-0.2, -0.15) is 0 Å². The molecule has 0 saturated carbocycles. The average Bonchev–Trinajstić information content (AvgIpc) is 2.95. The van der Waals surface area contributed by atoms with E-state index >= 15 is 0 Å². The Morgan fingerprint density at radius 3 is 2.12 bits per heavy atom. The van der Waals surface area contributed by atoms with E-state index < -0.39 is 0 Å². The molecule has 0 aliphatic rings. The van der Waals surface area contributed by atoms with Gasteiger partial charge in [0.15, 0.2) is 16.6 Å². The Bertz CT molecular complexity index is 673. The summed E-state index contributed by atoms with van der Waals surface area (Å²) in [5.74, 6) is 1.23. The van der Waals surface area contributed by atoms with Crippen LogP contribution in [0.5, 0.6) is 17.2 Å². The summed E-state index contributed by atoms with van der Waals surface area (Å²) in [4.78, 5) is 17.7. The summed E-state index contributed by atoms with van der Waals surface area (Å²) in [6.07, 6.45) is 1.72. The summed E-state index contributed by atoms with van der Waals surface area (Å²) in [5, 5.41) is 3.34. The fraction of sp³-hybridized carbons (Fsp3) is 0.412. The largest absolute Gasteiger partial charge is 0.490 e. The minimum absolute atomic E-state index is 0.269. The molecule has 0 unspecified atom stereocenters. The number of benzene rings is 1. The molecule has 2 aromatic rings. The van der Waals surface area contributed by atoms with Crippen LogP contribution in [-0.4, -0.2) is 30.7 Å². The Morgan fingerprint density at radius 2 is 1.67 bits per heavy atom. The lowest BCUT2D eigenvalue weighted by Crippen LogP contribution is -2.13. The highest BCUT2D eigenvalue weighted by Crippen LogP contribution is 2.39. The second-order valence-corrected chi connectivity index (χ2v) is 6.07. The lowest BCUT2D eigenvalue weighted by Gasteiger charge is -2.16. The predicted octanol–water partition coefficient (Wildman–Crippen LogP) is 3.90. The summed E-state index contributed by atoms with van der Waals surface area (Å²) >= 11 is 1.42. The standard InChI is InChI=1S/C17H22N2O4S/c1-5-21-13-8-12(9-14(22-6-2)15(13)23-7-3)16(20)19-17-18-10-11(4)24-17/h8-10H,5-7H2,1-4H3,(H,18,19,20). The molecule has 24 heavy (non-hydrogen) atoms. The number of ether oxygens (including phenoxy) is 3. The zero-order valence-corrected chi connectivity index (χ0v) is 15.2. The number of rotatable bonds is 8. The van der Waals surface area contributed by atoms with E-state index in [0.717, 1.165) is 4.88 Å². The molecule has 0 atom stereocenters. The molecule has 0 aliphatic carbocycles. The Labute approximate surface area is 145 Å². The number of carbonyl (C=O) groups is 1. The average molecular weight is 350 g/mol. The van der Waals surface area contributed by atoms with Crippen molar-refractivity contribution in [2.75, 3.05) is 25.1 Å². The van der Waals surface area contributed by atoms with Gasteiger partial charge in [-0.3, -0.25) is 10.1 Å². The van der Waals surface area contributed by atoms with Crippen molar-refractivity contribution in [3.8, 4) is 17.2 Å². The number of hydrogen-bond acceptors (Lipinski definition) is 6. The van der Waals surface area contributed by atoms with Gasteiger partial charge in [0.05, 0.1) is 19.8 Å². The van der Waals surface area contributed by atoms with Crippen LogP contribution >= 0.6 is 11.3 Å². The van der Waals surface area contributed by atoms with Crippen molar-refractivity contribution in [2.24, 2.45) is 0 Å². The van der Waals surface area contributed by atoms with Crippen LogP contribution in [0.15, 0.2) is 18.3 Å². The van der Waals surface area contributed by atoms with E-state index in [-0.39, 0.29) is 5.91 Å². The molecule has 0 aliphatic heterocycles. The molecule has 1 N–H and O–H groups in total. The van der Waals surface area contributed by atoms with Crippen LogP contribution < -0.4 is 19.5 Å². The van der Waals surface area contributed by atoms with Gasteiger partial charge < -0.3 is 14.2 Å². The first-order valence-electron chi connectivity index (χ1n) is 7.89. The fourth-order valence-corrected chi connectivity index (χ4v) is 2.76. The number of nitrogens with zero attached hydrogens (tertiary/aromatic N) is 1. The SMILES string of the molecule is CCOc1cc(C(=O)Nc2ncc(C)s2)cc(OCC)c1OCC. The highest BCUT2D eigenvalue weighted by Gasteiger charge is 2.19. The topological polar surface area (TPSA) is 69.7 Å².